The molecular formula is C6H12ClNO. The van der Waals surface area contributed by atoms with E-state index >= 15 is 0 Å². The minimum atomic E-state index is -0.0336. The molecule has 0 unspecified atom stereocenters. The van der Waals surface area contributed by atoms with Crippen LogP contribution in [-0.2, 0) is 0 Å². The van der Waals surface area contributed by atoms with Gasteiger partial charge in [-0.25, -0.2) is 0 Å². The molecule has 0 aromatic heterocycles. The van der Waals surface area contributed by atoms with Crippen LogP contribution < -0.4 is 5.32 Å². The van der Waals surface area contributed by atoms with Crippen molar-refractivity contribution in [3.8, 4) is 0 Å². The van der Waals surface area contributed by atoms with Gasteiger partial charge in [0.25, 0.3) is 0 Å². The second-order valence-corrected chi connectivity index (χ2v) is 2.85. The van der Waals surface area contributed by atoms with E-state index in [0.29, 0.717) is 12.1 Å². The van der Waals surface area contributed by atoms with E-state index < -0.39 is 0 Å². The molecule has 0 spiro atoms. The molecule has 0 aromatic carbocycles. The monoisotopic (exact) mass is 149 g/mol. The van der Waals surface area contributed by atoms with Gasteiger partial charge in [0.15, 0.2) is 0 Å². The third-order valence-corrected chi connectivity index (χ3v) is 2.27. The molecule has 0 aliphatic carbocycles. The molecule has 2 aliphatic heterocycles. The maximum atomic E-state index is 9.16. The normalized spacial score (nSPS) is 47.0. The van der Waals surface area contributed by atoms with Crippen molar-refractivity contribution in [3.05, 3.63) is 0 Å². The first kappa shape index (κ1) is 7.32. The molecule has 0 aromatic rings. The Kier molecular flexibility index (Phi) is 1.99. The summed E-state index contributed by atoms with van der Waals surface area (Å²) in [7, 11) is 0. The molecule has 2 rings (SSSR count). The van der Waals surface area contributed by atoms with Crippen LogP contribution in [0, 0.1) is 0 Å². The maximum absolute atomic E-state index is 9.16. The number of halogens is 1. The molecule has 2 N–H and O–H groups in total. The third-order valence-electron chi connectivity index (χ3n) is 2.27. The van der Waals surface area contributed by atoms with Crippen LogP contribution in [0.3, 0.4) is 0 Å². The smallest absolute Gasteiger partial charge is 0.0708 e. The number of aliphatic hydroxyl groups is 1. The number of aliphatic hydroxyl groups excluding tert-OH is 1. The first-order valence-corrected chi connectivity index (χ1v) is 3.30. The van der Waals surface area contributed by atoms with Crippen LogP contribution >= 0.6 is 12.4 Å². The van der Waals surface area contributed by atoms with Gasteiger partial charge in [0.2, 0.25) is 0 Å². The van der Waals surface area contributed by atoms with Gasteiger partial charge in [-0.05, 0) is 19.3 Å². The quantitative estimate of drug-likeness (QED) is 0.519. The van der Waals surface area contributed by atoms with Crippen molar-refractivity contribution in [2.75, 3.05) is 0 Å². The SMILES string of the molecule is Cl.O[C@H]1C[C@@H]2CC[C@@H]1N2. The molecule has 2 nitrogen and oxygen atoms in total. The van der Waals surface area contributed by atoms with E-state index in [0.717, 1.165) is 6.42 Å². The zero-order valence-corrected chi connectivity index (χ0v) is 6.03. The molecule has 0 saturated carbocycles. The standard InChI is InChI=1S/C6H11NO.ClH/c8-6-3-4-1-2-5(6)7-4;/h4-8H,1-3H2;1H/t4-,5-,6-;/m0./s1. The molecule has 2 heterocycles. The maximum Gasteiger partial charge on any atom is 0.0708 e. The Hall–Kier alpha value is 0.210. The van der Waals surface area contributed by atoms with Crippen LogP contribution in [0.2, 0.25) is 0 Å². The minimum absolute atomic E-state index is 0. The highest BCUT2D eigenvalue weighted by atomic mass is 35.5. The van der Waals surface area contributed by atoms with Crippen molar-refractivity contribution in [2.24, 2.45) is 0 Å². The highest BCUT2D eigenvalue weighted by molar-refractivity contribution is 5.85. The van der Waals surface area contributed by atoms with E-state index in [1.807, 2.05) is 0 Å². The van der Waals surface area contributed by atoms with Gasteiger partial charge in [-0.3, -0.25) is 0 Å². The van der Waals surface area contributed by atoms with Gasteiger partial charge in [-0.1, -0.05) is 0 Å². The lowest BCUT2D eigenvalue weighted by molar-refractivity contribution is 0.145. The van der Waals surface area contributed by atoms with Crippen LogP contribution in [0.1, 0.15) is 19.3 Å². The lowest BCUT2D eigenvalue weighted by Crippen LogP contribution is -2.26. The fraction of sp³-hybridized carbons (Fsp3) is 1.00. The highest BCUT2D eigenvalue weighted by Gasteiger charge is 2.37. The minimum Gasteiger partial charge on any atom is -0.391 e. The Morgan fingerprint density at radius 1 is 1.33 bits per heavy atom. The number of fused-ring (bicyclic) bond motifs is 2. The highest BCUT2D eigenvalue weighted by Crippen LogP contribution is 2.27. The molecule has 0 amide bonds. The topological polar surface area (TPSA) is 32.3 Å². The Morgan fingerprint density at radius 2 is 2.11 bits per heavy atom. The second-order valence-electron chi connectivity index (χ2n) is 2.85. The first-order valence-electron chi connectivity index (χ1n) is 3.30. The number of nitrogens with one attached hydrogen (secondary N) is 1. The average Bonchev–Trinajstić information content (AvgIpc) is 2.23. The van der Waals surface area contributed by atoms with Crippen molar-refractivity contribution in [3.63, 3.8) is 0 Å². The van der Waals surface area contributed by atoms with Gasteiger partial charge < -0.3 is 10.4 Å². The number of hydrogen-bond donors (Lipinski definition) is 2. The summed E-state index contributed by atoms with van der Waals surface area (Å²) in [6, 6.07) is 1.09. The first-order chi connectivity index (χ1) is 3.86. The van der Waals surface area contributed by atoms with Crippen molar-refractivity contribution < 1.29 is 5.11 Å². The fourth-order valence-corrected chi connectivity index (χ4v) is 1.80. The molecule has 54 valence electrons. The molecule has 2 fully saturated rings. The Balaban J connectivity index is 0.000000405. The van der Waals surface area contributed by atoms with Crippen molar-refractivity contribution >= 4 is 12.4 Å². The molecule has 3 heteroatoms. The van der Waals surface area contributed by atoms with E-state index in [2.05, 4.69) is 5.32 Å². The lowest BCUT2D eigenvalue weighted by Gasteiger charge is -2.12. The fourth-order valence-electron chi connectivity index (χ4n) is 1.80. The van der Waals surface area contributed by atoms with Crippen molar-refractivity contribution in [1.82, 2.24) is 5.32 Å². The predicted molar refractivity (Wildman–Crippen MR) is 37.8 cm³/mol. The summed E-state index contributed by atoms with van der Waals surface area (Å²) in [6.07, 6.45) is 3.42. The molecule has 3 atom stereocenters. The summed E-state index contributed by atoms with van der Waals surface area (Å²) in [5, 5.41) is 12.5. The summed E-state index contributed by atoms with van der Waals surface area (Å²) >= 11 is 0. The van der Waals surface area contributed by atoms with E-state index in [1.54, 1.807) is 0 Å². The summed E-state index contributed by atoms with van der Waals surface area (Å²) in [6.45, 7) is 0. The molecule has 2 bridgehead atoms. The summed E-state index contributed by atoms with van der Waals surface area (Å²) < 4.78 is 0. The summed E-state index contributed by atoms with van der Waals surface area (Å²) in [5.41, 5.74) is 0. The van der Waals surface area contributed by atoms with Crippen LogP contribution in [-0.4, -0.2) is 23.3 Å². The van der Waals surface area contributed by atoms with Crippen LogP contribution in [0.5, 0.6) is 0 Å². The Morgan fingerprint density at radius 3 is 2.33 bits per heavy atom. The van der Waals surface area contributed by atoms with Crippen LogP contribution in [0.15, 0.2) is 0 Å². The lowest BCUT2D eigenvalue weighted by atomic mass is 9.98. The average molecular weight is 150 g/mol. The van der Waals surface area contributed by atoms with Gasteiger partial charge in [-0.2, -0.15) is 0 Å². The molecule has 9 heavy (non-hydrogen) atoms. The Bertz CT molecular complexity index is 107. The third kappa shape index (κ3) is 1.07. The van der Waals surface area contributed by atoms with Crippen LogP contribution in [0.4, 0.5) is 0 Å². The van der Waals surface area contributed by atoms with Crippen LogP contribution in [0.25, 0.3) is 0 Å². The summed E-state index contributed by atoms with van der Waals surface area (Å²) in [5.74, 6) is 0. The van der Waals surface area contributed by atoms with Gasteiger partial charge in [0, 0.05) is 12.1 Å². The Labute approximate surface area is 61.0 Å². The molecular weight excluding hydrogens is 138 g/mol. The van der Waals surface area contributed by atoms with Gasteiger partial charge >= 0.3 is 0 Å². The van der Waals surface area contributed by atoms with E-state index in [1.165, 1.54) is 12.8 Å². The van der Waals surface area contributed by atoms with E-state index in [9.17, 15) is 0 Å². The van der Waals surface area contributed by atoms with Gasteiger partial charge in [0.05, 0.1) is 6.10 Å². The second kappa shape index (κ2) is 2.45. The number of hydrogen-bond acceptors (Lipinski definition) is 2. The van der Waals surface area contributed by atoms with Gasteiger partial charge in [0.1, 0.15) is 0 Å². The van der Waals surface area contributed by atoms with Crippen molar-refractivity contribution in [1.29, 1.82) is 0 Å². The van der Waals surface area contributed by atoms with Gasteiger partial charge in [-0.15, -0.1) is 12.4 Å². The van der Waals surface area contributed by atoms with Crippen molar-refractivity contribution in [2.45, 2.75) is 37.5 Å². The molecule has 2 aliphatic rings. The summed E-state index contributed by atoms with van der Waals surface area (Å²) in [4.78, 5) is 0. The zero-order chi connectivity index (χ0) is 5.56. The van der Waals surface area contributed by atoms with E-state index in [-0.39, 0.29) is 18.5 Å². The number of rotatable bonds is 0. The van der Waals surface area contributed by atoms with E-state index in [4.69, 9.17) is 5.11 Å². The molecule has 0 radical (unpaired) electrons. The molecule has 2 saturated heterocycles. The largest absolute Gasteiger partial charge is 0.391 e. The zero-order valence-electron chi connectivity index (χ0n) is 5.21. The predicted octanol–water partition coefficient (Wildman–Crippen LogP) is 0.293.